The van der Waals surface area contributed by atoms with E-state index in [1.807, 2.05) is 6.07 Å². The molecule has 5 nitrogen and oxygen atoms in total. The van der Waals surface area contributed by atoms with Crippen LogP contribution >= 0.6 is 0 Å². The molecule has 8 heteroatoms. The summed E-state index contributed by atoms with van der Waals surface area (Å²) in [6.45, 7) is 0.173. The summed E-state index contributed by atoms with van der Waals surface area (Å²) in [6, 6.07) is 16.3. The number of methoxy groups -OCH3 is 1. The second-order valence-corrected chi connectivity index (χ2v) is 6.14. The van der Waals surface area contributed by atoms with E-state index in [-0.39, 0.29) is 17.9 Å². The summed E-state index contributed by atoms with van der Waals surface area (Å²) in [7, 11) is 1.47. The van der Waals surface area contributed by atoms with E-state index in [0.717, 1.165) is 17.8 Å². The smallest absolute Gasteiger partial charge is 0.419 e. The van der Waals surface area contributed by atoms with Crippen LogP contribution in [0.15, 0.2) is 66.9 Å². The van der Waals surface area contributed by atoms with Crippen molar-refractivity contribution in [3.8, 4) is 5.75 Å². The van der Waals surface area contributed by atoms with Crippen molar-refractivity contribution < 1.29 is 22.7 Å². The van der Waals surface area contributed by atoms with Gasteiger partial charge in [0.25, 0.3) is 5.91 Å². The average molecular weight is 401 g/mol. The molecular formula is C21H18F3N3O2. The number of nitrogens with one attached hydrogen (secondary N) is 2. The summed E-state index contributed by atoms with van der Waals surface area (Å²) in [6.07, 6.45) is -3.56. The van der Waals surface area contributed by atoms with E-state index in [4.69, 9.17) is 4.74 Å². The molecule has 2 aromatic carbocycles. The highest BCUT2D eigenvalue weighted by Gasteiger charge is 2.35. The predicted octanol–water partition coefficient (Wildman–Crippen LogP) is 4.97. The molecule has 0 saturated carbocycles. The molecule has 0 atom stereocenters. The Morgan fingerprint density at radius 2 is 1.83 bits per heavy atom. The summed E-state index contributed by atoms with van der Waals surface area (Å²) < 4.78 is 45.6. The second-order valence-electron chi connectivity index (χ2n) is 6.14. The largest absolute Gasteiger partial charge is 0.497 e. The lowest BCUT2D eigenvalue weighted by atomic mass is 10.1. The minimum absolute atomic E-state index is 0.173. The van der Waals surface area contributed by atoms with Crippen LogP contribution in [0.5, 0.6) is 5.75 Å². The first-order chi connectivity index (χ1) is 13.9. The molecule has 150 valence electrons. The molecule has 29 heavy (non-hydrogen) atoms. The summed E-state index contributed by atoms with van der Waals surface area (Å²) in [5.74, 6) is -0.525. The molecule has 1 aromatic heterocycles. The predicted molar refractivity (Wildman–Crippen MR) is 104 cm³/mol. The molecular weight excluding hydrogens is 383 g/mol. The van der Waals surface area contributed by atoms with Crippen molar-refractivity contribution in [2.45, 2.75) is 12.7 Å². The van der Waals surface area contributed by atoms with Gasteiger partial charge in [0, 0.05) is 24.5 Å². The molecule has 1 heterocycles. The highest BCUT2D eigenvalue weighted by molar-refractivity contribution is 6.04. The first-order valence-corrected chi connectivity index (χ1v) is 8.67. The van der Waals surface area contributed by atoms with Crippen LogP contribution in [0, 0.1) is 0 Å². The van der Waals surface area contributed by atoms with Gasteiger partial charge < -0.3 is 15.4 Å². The third-order valence-corrected chi connectivity index (χ3v) is 4.09. The SMILES string of the molecule is COc1cccc(NC(=O)c2cnc(NCc3ccccc3)c(C(F)(F)F)c2)c1. The fourth-order valence-corrected chi connectivity index (χ4v) is 2.63. The molecule has 0 unspecified atom stereocenters. The fourth-order valence-electron chi connectivity index (χ4n) is 2.63. The van der Waals surface area contributed by atoms with Gasteiger partial charge in [-0.15, -0.1) is 0 Å². The van der Waals surface area contributed by atoms with Gasteiger partial charge in [0.2, 0.25) is 0 Å². The van der Waals surface area contributed by atoms with Crippen molar-refractivity contribution in [1.82, 2.24) is 4.98 Å². The van der Waals surface area contributed by atoms with E-state index in [9.17, 15) is 18.0 Å². The van der Waals surface area contributed by atoms with E-state index in [1.54, 1.807) is 48.5 Å². The van der Waals surface area contributed by atoms with Crippen LogP contribution in [0.4, 0.5) is 24.7 Å². The van der Waals surface area contributed by atoms with E-state index in [0.29, 0.717) is 11.4 Å². The number of halogens is 3. The Morgan fingerprint density at radius 1 is 1.07 bits per heavy atom. The lowest BCUT2D eigenvalue weighted by molar-refractivity contribution is -0.137. The van der Waals surface area contributed by atoms with Crippen molar-refractivity contribution >= 4 is 17.4 Å². The number of rotatable bonds is 6. The van der Waals surface area contributed by atoms with E-state index in [1.165, 1.54) is 7.11 Å². The number of hydrogen-bond donors (Lipinski definition) is 2. The van der Waals surface area contributed by atoms with Gasteiger partial charge in [-0.2, -0.15) is 13.2 Å². The number of carbonyl (C=O) groups excluding carboxylic acids is 1. The summed E-state index contributed by atoms with van der Waals surface area (Å²) in [4.78, 5) is 16.2. The van der Waals surface area contributed by atoms with Gasteiger partial charge in [-0.05, 0) is 23.8 Å². The molecule has 0 aliphatic carbocycles. The minimum Gasteiger partial charge on any atom is -0.497 e. The number of ether oxygens (including phenoxy) is 1. The van der Waals surface area contributed by atoms with Gasteiger partial charge in [0.05, 0.1) is 18.2 Å². The average Bonchev–Trinajstić information content (AvgIpc) is 2.72. The summed E-state index contributed by atoms with van der Waals surface area (Å²) in [5.41, 5.74) is -0.00594. The number of aromatic nitrogens is 1. The Balaban J connectivity index is 1.81. The molecule has 0 radical (unpaired) electrons. The van der Waals surface area contributed by atoms with Gasteiger partial charge in [-0.3, -0.25) is 4.79 Å². The zero-order valence-corrected chi connectivity index (χ0v) is 15.5. The number of alkyl halides is 3. The number of carbonyl (C=O) groups is 1. The Bertz CT molecular complexity index is 992. The standard InChI is InChI=1S/C21H18F3N3O2/c1-29-17-9-5-8-16(11-17)27-20(28)15-10-18(21(22,23)24)19(26-13-15)25-12-14-6-3-2-4-7-14/h2-11,13H,12H2,1H3,(H,25,26)(H,27,28). The van der Waals surface area contributed by atoms with Crippen molar-refractivity contribution in [3.05, 3.63) is 83.6 Å². The molecule has 3 rings (SSSR count). The van der Waals surface area contributed by atoms with Gasteiger partial charge in [-0.25, -0.2) is 4.98 Å². The molecule has 2 N–H and O–H groups in total. The Labute approximate surface area is 165 Å². The Morgan fingerprint density at radius 3 is 2.52 bits per heavy atom. The fraction of sp³-hybridized carbons (Fsp3) is 0.143. The van der Waals surface area contributed by atoms with E-state index < -0.39 is 17.6 Å². The monoisotopic (exact) mass is 401 g/mol. The number of benzene rings is 2. The zero-order valence-electron chi connectivity index (χ0n) is 15.5. The highest BCUT2D eigenvalue weighted by atomic mass is 19.4. The Kier molecular flexibility index (Phi) is 6.01. The number of hydrogen-bond acceptors (Lipinski definition) is 4. The van der Waals surface area contributed by atoms with Crippen LogP contribution in [-0.4, -0.2) is 18.0 Å². The van der Waals surface area contributed by atoms with Crippen LogP contribution in [0.2, 0.25) is 0 Å². The van der Waals surface area contributed by atoms with Crippen molar-refractivity contribution in [1.29, 1.82) is 0 Å². The molecule has 3 aromatic rings. The van der Waals surface area contributed by atoms with Crippen molar-refractivity contribution in [2.24, 2.45) is 0 Å². The topological polar surface area (TPSA) is 63.2 Å². The van der Waals surface area contributed by atoms with Crippen LogP contribution in [0.1, 0.15) is 21.5 Å². The first kappa shape index (κ1) is 20.2. The number of amides is 1. The lowest BCUT2D eigenvalue weighted by Gasteiger charge is -2.15. The third kappa shape index (κ3) is 5.25. The van der Waals surface area contributed by atoms with Gasteiger partial charge >= 0.3 is 6.18 Å². The summed E-state index contributed by atoms with van der Waals surface area (Å²) in [5, 5.41) is 5.23. The maximum Gasteiger partial charge on any atom is 0.419 e. The van der Waals surface area contributed by atoms with Gasteiger partial charge in [-0.1, -0.05) is 36.4 Å². The quantitative estimate of drug-likeness (QED) is 0.612. The van der Waals surface area contributed by atoms with Gasteiger partial charge in [0.1, 0.15) is 11.6 Å². The number of nitrogens with zero attached hydrogens (tertiary/aromatic N) is 1. The first-order valence-electron chi connectivity index (χ1n) is 8.67. The molecule has 0 saturated heterocycles. The van der Waals surface area contributed by atoms with Crippen molar-refractivity contribution in [2.75, 3.05) is 17.7 Å². The maximum absolute atomic E-state index is 13.5. The van der Waals surface area contributed by atoms with Crippen molar-refractivity contribution in [3.63, 3.8) is 0 Å². The summed E-state index contributed by atoms with van der Waals surface area (Å²) >= 11 is 0. The molecule has 0 bridgehead atoms. The number of pyridine rings is 1. The van der Waals surface area contributed by atoms with Gasteiger partial charge in [0.15, 0.2) is 0 Å². The Hall–Kier alpha value is -3.55. The van der Waals surface area contributed by atoms with Crippen LogP contribution in [0.3, 0.4) is 0 Å². The third-order valence-electron chi connectivity index (χ3n) is 4.09. The molecule has 0 spiro atoms. The number of anilines is 2. The van der Waals surface area contributed by atoms with E-state index >= 15 is 0 Å². The van der Waals surface area contributed by atoms with Crippen LogP contribution < -0.4 is 15.4 Å². The maximum atomic E-state index is 13.5. The lowest BCUT2D eigenvalue weighted by Crippen LogP contribution is -2.17. The molecule has 0 aliphatic rings. The van der Waals surface area contributed by atoms with E-state index in [2.05, 4.69) is 15.6 Å². The zero-order chi connectivity index (χ0) is 20.9. The molecule has 0 aliphatic heterocycles. The second kappa shape index (κ2) is 8.64. The molecule has 0 fully saturated rings. The highest BCUT2D eigenvalue weighted by Crippen LogP contribution is 2.34. The van der Waals surface area contributed by atoms with Crippen LogP contribution in [-0.2, 0) is 12.7 Å². The normalized spacial score (nSPS) is 11.0. The van der Waals surface area contributed by atoms with Crippen LogP contribution in [0.25, 0.3) is 0 Å². The minimum atomic E-state index is -4.67. The molecule has 1 amide bonds.